The van der Waals surface area contributed by atoms with Gasteiger partial charge >= 0.3 is 5.97 Å². The zero-order valence-corrected chi connectivity index (χ0v) is 21.2. The quantitative estimate of drug-likeness (QED) is 0.359. The minimum atomic E-state index is -0.544. The molecular formula is C25H26Cl2N4O4. The molecule has 0 aliphatic carbocycles. The second-order valence-electron chi connectivity index (χ2n) is 7.89. The van der Waals surface area contributed by atoms with Crippen LogP contribution in [0.5, 0.6) is 11.5 Å². The number of aromatic nitrogens is 3. The van der Waals surface area contributed by atoms with Crippen molar-refractivity contribution in [2.75, 3.05) is 18.5 Å². The number of hydrogen-bond acceptors (Lipinski definition) is 7. The van der Waals surface area contributed by atoms with Crippen LogP contribution in [0, 0.1) is 0 Å². The van der Waals surface area contributed by atoms with E-state index in [1.54, 1.807) is 16.8 Å². The van der Waals surface area contributed by atoms with Crippen LogP contribution in [0.1, 0.15) is 44.4 Å². The Morgan fingerprint density at radius 2 is 1.94 bits per heavy atom. The number of rotatable bonds is 9. The average molecular weight is 517 g/mol. The van der Waals surface area contributed by atoms with Crippen molar-refractivity contribution >= 4 is 35.1 Å². The molecule has 0 radical (unpaired) electrons. The molecular weight excluding hydrogens is 491 g/mol. The fourth-order valence-electron chi connectivity index (χ4n) is 3.81. The van der Waals surface area contributed by atoms with Crippen molar-refractivity contribution in [1.29, 1.82) is 0 Å². The van der Waals surface area contributed by atoms with Crippen LogP contribution in [0.15, 0.2) is 54.0 Å². The molecule has 0 fully saturated rings. The molecule has 0 amide bonds. The number of carbonyl (C=O) groups excluding carboxylic acids is 1. The maximum atomic E-state index is 13.0. The lowest BCUT2D eigenvalue weighted by atomic mass is 9.95. The molecule has 8 nitrogen and oxygen atoms in total. The second-order valence-corrected chi connectivity index (χ2v) is 8.74. The third kappa shape index (κ3) is 5.39. The molecule has 1 aliphatic rings. The van der Waals surface area contributed by atoms with E-state index in [-0.39, 0.29) is 6.61 Å². The van der Waals surface area contributed by atoms with E-state index in [1.807, 2.05) is 45.0 Å². The highest BCUT2D eigenvalue weighted by atomic mass is 35.5. The predicted octanol–water partition coefficient (Wildman–Crippen LogP) is 5.80. The number of anilines is 1. The van der Waals surface area contributed by atoms with Gasteiger partial charge in [-0.1, -0.05) is 42.3 Å². The standard InChI is InChI=1S/C25H26Cl2N4O4/c1-4-10-34-24(32)22-15(3)30-25-28-14-29-31(25)23(22)16-7-9-20(21(11-16)33-5-2)35-13-17-6-8-18(26)12-19(17)27/h6-9,11-12,14,23H,4-5,10,13H2,1-3H3,(H,28,29,30). The Morgan fingerprint density at radius 3 is 2.69 bits per heavy atom. The Hall–Kier alpha value is -3.23. The number of nitrogens with one attached hydrogen (secondary N) is 1. The summed E-state index contributed by atoms with van der Waals surface area (Å²) < 4.78 is 19.1. The number of esters is 1. The second kappa shape index (κ2) is 11.0. The molecule has 35 heavy (non-hydrogen) atoms. The number of nitrogens with zero attached hydrogens (tertiary/aromatic N) is 3. The van der Waals surface area contributed by atoms with E-state index in [4.69, 9.17) is 37.4 Å². The zero-order chi connectivity index (χ0) is 24.9. The van der Waals surface area contributed by atoms with E-state index < -0.39 is 12.0 Å². The lowest BCUT2D eigenvalue weighted by molar-refractivity contribution is -0.139. The molecule has 1 N–H and O–H groups in total. The van der Waals surface area contributed by atoms with Gasteiger partial charge in [0, 0.05) is 21.3 Å². The highest BCUT2D eigenvalue weighted by molar-refractivity contribution is 6.35. The summed E-state index contributed by atoms with van der Waals surface area (Å²) in [5.41, 5.74) is 2.70. The van der Waals surface area contributed by atoms with Gasteiger partial charge in [-0.15, -0.1) is 0 Å². The Labute approximate surface area is 213 Å². The summed E-state index contributed by atoms with van der Waals surface area (Å²) in [6, 6.07) is 10.3. The lowest BCUT2D eigenvalue weighted by Crippen LogP contribution is -2.29. The molecule has 0 saturated carbocycles. The highest BCUT2D eigenvalue weighted by Crippen LogP contribution is 2.39. The number of ether oxygens (including phenoxy) is 3. The summed E-state index contributed by atoms with van der Waals surface area (Å²) in [4.78, 5) is 17.3. The summed E-state index contributed by atoms with van der Waals surface area (Å²) in [5.74, 6) is 1.22. The summed E-state index contributed by atoms with van der Waals surface area (Å²) in [5, 5.41) is 8.58. The minimum Gasteiger partial charge on any atom is -0.490 e. The van der Waals surface area contributed by atoms with Gasteiger partial charge in [0.1, 0.15) is 19.0 Å². The smallest absolute Gasteiger partial charge is 0.338 e. The fraction of sp³-hybridized carbons (Fsp3) is 0.320. The summed E-state index contributed by atoms with van der Waals surface area (Å²) in [6.07, 6.45) is 2.17. The normalized spacial score (nSPS) is 14.8. The Balaban J connectivity index is 1.68. The highest BCUT2D eigenvalue weighted by Gasteiger charge is 2.34. The lowest BCUT2D eigenvalue weighted by Gasteiger charge is -2.28. The SMILES string of the molecule is CCCOC(=O)C1=C(C)Nc2ncnn2C1c1ccc(OCc2ccc(Cl)cc2Cl)c(OCC)c1. The monoisotopic (exact) mass is 516 g/mol. The zero-order valence-electron chi connectivity index (χ0n) is 19.7. The van der Waals surface area contributed by atoms with E-state index >= 15 is 0 Å². The minimum absolute atomic E-state index is 0.240. The van der Waals surface area contributed by atoms with Gasteiger partial charge in [-0.3, -0.25) is 0 Å². The fourth-order valence-corrected chi connectivity index (χ4v) is 4.28. The average Bonchev–Trinajstić information content (AvgIpc) is 3.30. The van der Waals surface area contributed by atoms with Crippen molar-refractivity contribution in [3.63, 3.8) is 0 Å². The molecule has 4 rings (SSSR count). The molecule has 3 aromatic rings. The van der Waals surface area contributed by atoms with Crippen LogP contribution in [-0.4, -0.2) is 33.9 Å². The van der Waals surface area contributed by atoms with Gasteiger partial charge in [-0.25, -0.2) is 9.48 Å². The summed E-state index contributed by atoms with van der Waals surface area (Å²) in [7, 11) is 0. The van der Waals surface area contributed by atoms with E-state index in [0.29, 0.717) is 52.0 Å². The number of benzene rings is 2. The Bertz CT molecular complexity index is 1260. The van der Waals surface area contributed by atoms with Crippen LogP contribution in [0.4, 0.5) is 5.95 Å². The van der Waals surface area contributed by atoms with Crippen molar-refractivity contribution < 1.29 is 19.0 Å². The molecule has 1 aromatic heterocycles. The van der Waals surface area contributed by atoms with E-state index in [2.05, 4.69) is 15.4 Å². The number of allylic oxidation sites excluding steroid dienone is 1. The third-order valence-electron chi connectivity index (χ3n) is 5.43. The van der Waals surface area contributed by atoms with E-state index in [1.165, 1.54) is 6.33 Å². The van der Waals surface area contributed by atoms with Crippen LogP contribution in [0.2, 0.25) is 10.0 Å². The number of fused-ring (bicyclic) bond motifs is 1. The van der Waals surface area contributed by atoms with Crippen LogP contribution in [-0.2, 0) is 16.1 Å². The molecule has 10 heteroatoms. The first-order valence-electron chi connectivity index (χ1n) is 11.3. The maximum Gasteiger partial charge on any atom is 0.338 e. The molecule has 0 spiro atoms. The first-order chi connectivity index (χ1) is 16.9. The Kier molecular flexibility index (Phi) is 7.83. The van der Waals surface area contributed by atoms with E-state index in [9.17, 15) is 4.79 Å². The third-order valence-corrected chi connectivity index (χ3v) is 6.02. The maximum absolute atomic E-state index is 13.0. The molecule has 1 aliphatic heterocycles. The van der Waals surface area contributed by atoms with Crippen LogP contribution in [0.25, 0.3) is 0 Å². The summed E-state index contributed by atoms with van der Waals surface area (Å²) >= 11 is 12.3. The van der Waals surface area contributed by atoms with Crippen LogP contribution < -0.4 is 14.8 Å². The Morgan fingerprint density at radius 1 is 1.11 bits per heavy atom. The van der Waals surface area contributed by atoms with Crippen molar-refractivity contribution in [2.24, 2.45) is 0 Å². The van der Waals surface area contributed by atoms with Crippen molar-refractivity contribution in [3.8, 4) is 11.5 Å². The number of hydrogen-bond donors (Lipinski definition) is 1. The molecule has 1 atom stereocenters. The first-order valence-corrected chi connectivity index (χ1v) is 12.1. The van der Waals surface area contributed by atoms with E-state index in [0.717, 1.165) is 17.5 Å². The van der Waals surface area contributed by atoms with Crippen LogP contribution in [0.3, 0.4) is 0 Å². The first kappa shape index (κ1) is 24.9. The molecule has 0 saturated heterocycles. The largest absolute Gasteiger partial charge is 0.490 e. The van der Waals surface area contributed by atoms with Crippen molar-refractivity contribution in [3.05, 3.63) is 75.2 Å². The van der Waals surface area contributed by atoms with Gasteiger partial charge in [0.05, 0.1) is 18.8 Å². The predicted molar refractivity (Wildman–Crippen MR) is 134 cm³/mol. The molecule has 184 valence electrons. The molecule has 2 heterocycles. The number of carbonyl (C=O) groups is 1. The van der Waals surface area contributed by atoms with Crippen LogP contribution >= 0.6 is 23.2 Å². The number of halogens is 2. The van der Waals surface area contributed by atoms with Gasteiger partial charge in [-0.2, -0.15) is 10.1 Å². The van der Waals surface area contributed by atoms with Crippen molar-refractivity contribution in [1.82, 2.24) is 14.8 Å². The van der Waals surface area contributed by atoms with Gasteiger partial charge in [0.25, 0.3) is 0 Å². The summed E-state index contributed by atoms with van der Waals surface area (Å²) in [6.45, 7) is 6.67. The molecule has 1 unspecified atom stereocenters. The molecule has 0 bridgehead atoms. The van der Waals surface area contributed by atoms with Gasteiger partial charge in [0.15, 0.2) is 11.5 Å². The topological polar surface area (TPSA) is 87.5 Å². The van der Waals surface area contributed by atoms with Gasteiger partial charge in [-0.05, 0) is 50.1 Å². The van der Waals surface area contributed by atoms with Gasteiger partial charge < -0.3 is 19.5 Å². The van der Waals surface area contributed by atoms with Gasteiger partial charge in [0.2, 0.25) is 5.95 Å². The van der Waals surface area contributed by atoms with Crippen molar-refractivity contribution in [2.45, 2.75) is 39.8 Å². The molecule has 2 aromatic carbocycles.